The minimum absolute atomic E-state index is 0.250. The van der Waals surface area contributed by atoms with Gasteiger partial charge < -0.3 is 9.84 Å². The second-order valence-corrected chi connectivity index (χ2v) is 5.83. The third-order valence-electron chi connectivity index (χ3n) is 3.87. The fourth-order valence-electron chi connectivity index (χ4n) is 2.54. The molecule has 1 aromatic rings. The van der Waals surface area contributed by atoms with E-state index in [0.29, 0.717) is 12.3 Å². The third-order valence-corrected chi connectivity index (χ3v) is 3.87. The van der Waals surface area contributed by atoms with Crippen molar-refractivity contribution in [1.29, 1.82) is 0 Å². The maximum Gasteiger partial charge on any atom is 0.212 e. The van der Waals surface area contributed by atoms with Gasteiger partial charge >= 0.3 is 0 Å². The van der Waals surface area contributed by atoms with Gasteiger partial charge in [0.05, 0.1) is 13.2 Å². The zero-order valence-corrected chi connectivity index (χ0v) is 13.7. The van der Waals surface area contributed by atoms with Crippen molar-refractivity contribution in [2.75, 3.05) is 7.11 Å². The van der Waals surface area contributed by atoms with Crippen molar-refractivity contribution in [2.45, 2.75) is 77.2 Å². The van der Waals surface area contributed by atoms with E-state index in [0.717, 1.165) is 18.4 Å². The first-order valence-electron chi connectivity index (χ1n) is 8.43. The van der Waals surface area contributed by atoms with Gasteiger partial charge in [0.2, 0.25) is 5.88 Å². The predicted molar refractivity (Wildman–Crippen MR) is 87.7 cm³/mol. The zero-order chi connectivity index (χ0) is 15.3. The van der Waals surface area contributed by atoms with E-state index in [1.54, 1.807) is 13.3 Å². The summed E-state index contributed by atoms with van der Waals surface area (Å²) in [6, 6.07) is 3.82. The van der Waals surface area contributed by atoms with Gasteiger partial charge in [0.1, 0.15) is 0 Å². The minimum Gasteiger partial charge on any atom is -0.481 e. The molecule has 3 nitrogen and oxygen atoms in total. The van der Waals surface area contributed by atoms with E-state index in [-0.39, 0.29) is 6.10 Å². The fraction of sp³-hybridized carbons (Fsp3) is 0.722. The summed E-state index contributed by atoms with van der Waals surface area (Å²) in [4.78, 5) is 4.16. The summed E-state index contributed by atoms with van der Waals surface area (Å²) >= 11 is 0. The third kappa shape index (κ3) is 8.71. The number of ether oxygens (including phenoxy) is 1. The minimum atomic E-state index is -0.250. The van der Waals surface area contributed by atoms with Gasteiger partial charge in [-0.1, -0.05) is 64.4 Å². The van der Waals surface area contributed by atoms with E-state index in [2.05, 4.69) is 11.9 Å². The van der Waals surface area contributed by atoms with Crippen LogP contribution in [0.25, 0.3) is 0 Å². The lowest BCUT2D eigenvalue weighted by Gasteiger charge is -2.10. The number of unbranched alkanes of at least 4 members (excludes halogenated alkanes) is 7. The van der Waals surface area contributed by atoms with Gasteiger partial charge in [-0.15, -0.1) is 0 Å². The molecular weight excluding hydrogens is 262 g/mol. The normalized spacial score (nSPS) is 12.3. The number of aliphatic hydroxyl groups is 1. The van der Waals surface area contributed by atoms with Gasteiger partial charge in [-0.3, -0.25) is 0 Å². The van der Waals surface area contributed by atoms with Crippen LogP contribution in [0.4, 0.5) is 0 Å². The Morgan fingerprint density at radius 3 is 2.29 bits per heavy atom. The van der Waals surface area contributed by atoms with Crippen LogP contribution in [0.1, 0.15) is 70.3 Å². The highest BCUT2D eigenvalue weighted by Gasteiger charge is 2.06. The molecule has 0 saturated heterocycles. The first-order valence-corrected chi connectivity index (χ1v) is 8.43. The summed E-state index contributed by atoms with van der Waals surface area (Å²) in [5.74, 6) is 0.622. The Morgan fingerprint density at radius 1 is 1.05 bits per heavy atom. The van der Waals surface area contributed by atoms with Gasteiger partial charge in [0.25, 0.3) is 0 Å². The average Bonchev–Trinajstić information content (AvgIpc) is 2.50. The molecule has 1 aromatic heterocycles. The molecule has 0 aliphatic rings. The monoisotopic (exact) mass is 293 g/mol. The molecule has 0 aliphatic heterocycles. The lowest BCUT2D eigenvalue weighted by atomic mass is 10.0. The number of pyridine rings is 1. The second-order valence-electron chi connectivity index (χ2n) is 5.83. The predicted octanol–water partition coefficient (Wildman–Crippen LogP) is 4.52. The molecule has 0 radical (unpaired) electrons. The first-order chi connectivity index (χ1) is 10.3. The average molecular weight is 293 g/mol. The molecule has 1 atom stereocenters. The van der Waals surface area contributed by atoms with Gasteiger partial charge in [-0.25, -0.2) is 4.98 Å². The largest absolute Gasteiger partial charge is 0.481 e. The maximum absolute atomic E-state index is 10.0. The Labute approximate surface area is 129 Å². The second kappa shape index (κ2) is 11.6. The first kappa shape index (κ1) is 18.0. The van der Waals surface area contributed by atoms with Crippen LogP contribution in [-0.4, -0.2) is 23.3 Å². The lowest BCUT2D eigenvalue weighted by molar-refractivity contribution is 0.160. The Balaban J connectivity index is 2.04. The van der Waals surface area contributed by atoms with E-state index in [9.17, 15) is 5.11 Å². The smallest absolute Gasteiger partial charge is 0.212 e. The topological polar surface area (TPSA) is 42.4 Å². The molecule has 21 heavy (non-hydrogen) atoms. The van der Waals surface area contributed by atoms with Gasteiger partial charge in [-0.05, 0) is 18.4 Å². The number of aromatic nitrogens is 1. The number of hydrogen-bond acceptors (Lipinski definition) is 3. The highest BCUT2D eigenvalue weighted by atomic mass is 16.5. The molecule has 0 fully saturated rings. The van der Waals surface area contributed by atoms with Crippen LogP contribution < -0.4 is 4.74 Å². The van der Waals surface area contributed by atoms with Crippen molar-refractivity contribution in [3.63, 3.8) is 0 Å². The molecule has 1 heterocycles. The Bertz CT molecular complexity index is 351. The van der Waals surface area contributed by atoms with Gasteiger partial charge in [0.15, 0.2) is 0 Å². The molecule has 0 aliphatic carbocycles. The van der Waals surface area contributed by atoms with Crippen LogP contribution in [0.15, 0.2) is 18.3 Å². The van der Waals surface area contributed by atoms with Crippen molar-refractivity contribution in [3.05, 3.63) is 23.9 Å². The summed E-state index contributed by atoms with van der Waals surface area (Å²) in [6.45, 7) is 2.25. The van der Waals surface area contributed by atoms with E-state index >= 15 is 0 Å². The van der Waals surface area contributed by atoms with Crippen molar-refractivity contribution in [2.24, 2.45) is 0 Å². The van der Waals surface area contributed by atoms with E-state index < -0.39 is 0 Å². The molecule has 0 bridgehead atoms. The zero-order valence-electron chi connectivity index (χ0n) is 13.7. The summed E-state index contributed by atoms with van der Waals surface area (Å²) in [6.07, 6.45) is 13.6. The van der Waals surface area contributed by atoms with Crippen molar-refractivity contribution in [1.82, 2.24) is 4.98 Å². The Morgan fingerprint density at radius 2 is 1.71 bits per heavy atom. The molecule has 0 spiro atoms. The van der Waals surface area contributed by atoms with Crippen LogP contribution in [0.2, 0.25) is 0 Å². The summed E-state index contributed by atoms with van der Waals surface area (Å²) < 4.78 is 5.03. The maximum atomic E-state index is 10.0. The fourth-order valence-corrected chi connectivity index (χ4v) is 2.54. The van der Waals surface area contributed by atoms with E-state index in [4.69, 9.17) is 4.74 Å². The van der Waals surface area contributed by atoms with Crippen molar-refractivity contribution >= 4 is 0 Å². The number of rotatable bonds is 12. The van der Waals surface area contributed by atoms with Crippen LogP contribution in [-0.2, 0) is 6.42 Å². The van der Waals surface area contributed by atoms with Gasteiger partial charge in [-0.2, -0.15) is 0 Å². The highest BCUT2D eigenvalue weighted by Crippen LogP contribution is 2.14. The van der Waals surface area contributed by atoms with Crippen LogP contribution in [0, 0.1) is 0 Å². The van der Waals surface area contributed by atoms with Crippen molar-refractivity contribution < 1.29 is 9.84 Å². The van der Waals surface area contributed by atoms with Crippen LogP contribution >= 0.6 is 0 Å². The number of aliphatic hydroxyl groups excluding tert-OH is 1. The summed E-state index contributed by atoms with van der Waals surface area (Å²) in [7, 11) is 1.61. The standard InChI is InChI=1S/C18H31NO2/c1-3-4-5-6-7-8-9-10-11-17(20)14-16-12-13-18(21-2)19-15-16/h12-13,15,17,20H,3-11,14H2,1-2H3. The molecule has 0 saturated carbocycles. The molecule has 120 valence electrons. The highest BCUT2D eigenvalue weighted by molar-refractivity contribution is 5.18. The SMILES string of the molecule is CCCCCCCCCCC(O)Cc1ccc(OC)nc1. The van der Waals surface area contributed by atoms with Gasteiger partial charge in [0, 0.05) is 12.3 Å². The molecule has 1 unspecified atom stereocenters. The molecular formula is C18H31NO2. The summed E-state index contributed by atoms with van der Waals surface area (Å²) in [5.41, 5.74) is 1.07. The van der Waals surface area contributed by atoms with Crippen LogP contribution in [0.5, 0.6) is 5.88 Å². The van der Waals surface area contributed by atoms with Crippen LogP contribution in [0.3, 0.4) is 0 Å². The van der Waals surface area contributed by atoms with E-state index in [1.165, 1.54) is 44.9 Å². The van der Waals surface area contributed by atoms with Crippen molar-refractivity contribution in [3.8, 4) is 5.88 Å². The summed E-state index contributed by atoms with van der Waals surface area (Å²) in [5, 5.41) is 10.0. The Hall–Kier alpha value is -1.09. The number of hydrogen-bond donors (Lipinski definition) is 1. The molecule has 1 N–H and O–H groups in total. The molecule has 0 aromatic carbocycles. The number of methoxy groups -OCH3 is 1. The van der Waals surface area contributed by atoms with E-state index in [1.807, 2.05) is 12.1 Å². The quantitative estimate of drug-likeness (QED) is 0.576. The molecule has 1 rings (SSSR count). The Kier molecular flexibility index (Phi) is 9.88. The lowest BCUT2D eigenvalue weighted by Crippen LogP contribution is -2.10. The molecule has 0 amide bonds. The molecule has 3 heteroatoms. The number of nitrogens with zero attached hydrogens (tertiary/aromatic N) is 1.